The van der Waals surface area contributed by atoms with E-state index in [0.29, 0.717) is 6.04 Å². The Hall–Kier alpha value is -1.22. The molecule has 0 fully saturated rings. The lowest BCUT2D eigenvalue weighted by Crippen LogP contribution is -2.30. The Morgan fingerprint density at radius 1 is 1.36 bits per heavy atom. The molecule has 0 saturated heterocycles. The van der Waals surface area contributed by atoms with Crippen molar-refractivity contribution in [1.82, 2.24) is 4.90 Å². The van der Waals surface area contributed by atoms with Crippen molar-refractivity contribution < 1.29 is 10.2 Å². The summed E-state index contributed by atoms with van der Waals surface area (Å²) in [5, 5.41) is 19.0. The Balaban J connectivity index is 2.53. The van der Waals surface area contributed by atoms with Gasteiger partial charge in [-0.1, -0.05) is 6.07 Å². The Morgan fingerprint density at radius 2 is 2.07 bits per heavy atom. The molecule has 0 radical (unpaired) electrons. The van der Waals surface area contributed by atoms with Crippen LogP contribution in [0.25, 0.3) is 0 Å². The third-order valence-corrected chi connectivity index (χ3v) is 3.12. The third-order valence-electron chi connectivity index (χ3n) is 3.12. The molecule has 14 heavy (non-hydrogen) atoms. The zero-order valence-corrected chi connectivity index (χ0v) is 8.49. The van der Waals surface area contributed by atoms with Gasteiger partial charge in [0.25, 0.3) is 0 Å². The molecule has 1 atom stereocenters. The molecule has 0 unspecified atom stereocenters. The maximum atomic E-state index is 9.68. The maximum absolute atomic E-state index is 9.68. The van der Waals surface area contributed by atoms with Crippen LogP contribution in [0.2, 0.25) is 0 Å². The van der Waals surface area contributed by atoms with Gasteiger partial charge in [-0.25, -0.2) is 0 Å². The number of hydrogen-bond acceptors (Lipinski definition) is 3. The molecular weight excluding hydrogens is 178 g/mol. The molecule has 2 rings (SSSR count). The van der Waals surface area contributed by atoms with E-state index in [-0.39, 0.29) is 11.5 Å². The number of phenolic OH excluding ortho intramolecular Hbond substituents is 2. The zero-order chi connectivity index (χ0) is 10.3. The number of likely N-dealkylation sites (N-methyl/N-ethyl adjacent to an activating group) is 1. The van der Waals surface area contributed by atoms with E-state index < -0.39 is 0 Å². The molecule has 0 aromatic heterocycles. The van der Waals surface area contributed by atoms with Crippen LogP contribution in [0, 0.1) is 0 Å². The smallest absolute Gasteiger partial charge is 0.161 e. The topological polar surface area (TPSA) is 43.7 Å². The van der Waals surface area contributed by atoms with Crippen LogP contribution in [-0.2, 0) is 6.42 Å². The van der Waals surface area contributed by atoms with Gasteiger partial charge in [0.2, 0.25) is 0 Å². The summed E-state index contributed by atoms with van der Waals surface area (Å²) in [7, 11) is 2.07. The summed E-state index contributed by atoms with van der Waals surface area (Å²) in [5.41, 5.74) is 2.02. The van der Waals surface area contributed by atoms with E-state index in [0.717, 1.165) is 24.1 Å². The van der Waals surface area contributed by atoms with E-state index in [4.69, 9.17) is 0 Å². The molecule has 0 amide bonds. The summed E-state index contributed by atoms with van der Waals surface area (Å²) in [6.45, 7) is 3.03. The van der Waals surface area contributed by atoms with Crippen molar-refractivity contribution in [2.75, 3.05) is 13.6 Å². The maximum Gasteiger partial charge on any atom is 0.161 e. The first-order valence-electron chi connectivity index (χ1n) is 4.85. The zero-order valence-electron chi connectivity index (χ0n) is 8.49. The van der Waals surface area contributed by atoms with Crippen molar-refractivity contribution in [2.24, 2.45) is 0 Å². The molecule has 3 heteroatoms. The molecule has 1 heterocycles. The van der Waals surface area contributed by atoms with Gasteiger partial charge in [-0.05, 0) is 32.0 Å². The van der Waals surface area contributed by atoms with E-state index in [1.54, 1.807) is 6.07 Å². The van der Waals surface area contributed by atoms with Crippen molar-refractivity contribution >= 4 is 0 Å². The second-order valence-corrected chi connectivity index (χ2v) is 3.91. The predicted octanol–water partition coefficient (Wildman–Crippen LogP) is 1.65. The number of hydrogen-bond donors (Lipinski definition) is 2. The lowest BCUT2D eigenvalue weighted by Gasteiger charge is -2.32. The fourth-order valence-electron chi connectivity index (χ4n) is 2.01. The lowest BCUT2D eigenvalue weighted by atomic mass is 9.93. The molecule has 0 aliphatic carbocycles. The molecule has 0 bridgehead atoms. The highest BCUT2D eigenvalue weighted by Crippen LogP contribution is 2.38. The standard InChI is InChI=1S/C11H15NO2/c1-7-8-3-4-10(13)11(14)9(8)5-6-12(7)2/h3-4,7,13-14H,5-6H2,1-2H3/t7-/m1/s1. The van der Waals surface area contributed by atoms with Gasteiger partial charge in [0.05, 0.1) is 0 Å². The van der Waals surface area contributed by atoms with Gasteiger partial charge in [-0.2, -0.15) is 0 Å². The summed E-state index contributed by atoms with van der Waals surface area (Å²) in [5.74, 6) is 0.0444. The van der Waals surface area contributed by atoms with Gasteiger partial charge in [0.1, 0.15) is 0 Å². The largest absolute Gasteiger partial charge is 0.504 e. The monoisotopic (exact) mass is 193 g/mol. The Morgan fingerprint density at radius 3 is 2.79 bits per heavy atom. The van der Waals surface area contributed by atoms with Gasteiger partial charge in [0, 0.05) is 18.2 Å². The molecule has 1 aromatic carbocycles. The van der Waals surface area contributed by atoms with Gasteiger partial charge >= 0.3 is 0 Å². The first-order chi connectivity index (χ1) is 6.61. The summed E-state index contributed by atoms with van der Waals surface area (Å²) in [6, 6.07) is 3.76. The van der Waals surface area contributed by atoms with Crippen molar-refractivity contribution in [3.8, 4) is 11.5 Å². The molecule has 0 saturated carbocycles. The number of rotatable bonds is 0. The third kappa shape index (κ3) is 1.24. The summed E-state index contributed by atoms with van der Waals surface area (Å²) in [4.78, 5) is 2.23. The van der Waals surface area contributed by atoms with Crippen molar-refractivity contribution in [3.63, 3.8) is 0 Å². The van der Waals surface area contributed by atoms with Crippen LogP contribution in [0.3, 0.4) is 0 Å². The van der Waals surface area contributed by atoms with Crippen LogP contribution in [-0.4, -0.2) is 28.7 Å². The molecular formula is C11H15NO2. The number of benzene rings is 1. The van der Waals surface area contributed by atoms with Crippen LogP contribution >= 0.6 is 0 Å². The first-order valence-corrected chi connectivity index (χ1v) is 4.85. The molecule has 1 aliphatic heterocycles. The summed E-state index contributed by atoms with van der Waals surface area (Å²) >= 11 is 0. The van der Waals surface area contributed by atoms with Crippen LogP contribution < -0.4 is 0 Å². The Labute approximate surface area is 83.6 Å². The molecule has 1 aliphatic rings. The first kappa shape index (κ1) is 9.34. The van der Waals surface area contributed by atoms with Gasteiger partial charge in [0.15, 0.2) is 11.5 Å². The number of fused-ring (bicyclic) bond motifs is 1. The Bertz CT molecular complexity index is 363. The van der Waals surface area contributed by atoms with E-state index >= 15 is 0 Å². The van der Waals surface area contributed by atoms with Crippen LogP contribution in [0.1, 0.15) is 24.1 Å². The Kier molecular flexibility index (Phi) is 2.11. The average molecular weight is 193 g/mol. The van der Waals surface area contributed by atoms with Crippen LogP contribution in [0.4, 0.5) is 0 Å². The fourth-order valence-corrected chi connectivity index (χ4v) is 2.01. The van der Waals surface area contributed by atoms with Crippen molar-refractivity contribution in [1.29, 1.82) is 0 Å². The SMILES string of the molecule is C[C@@H]1c2ccc(O)c(O)c2CCN1C. The quantitative estimate of drug-likeness (QED) is 0.616. The number of phenols is 2. The van der Waals surface area contributed by atoms with Gasteiger partial charge in [-0.15, -0.1) is 0 Å². The molecule has 1 aromatic rings. The number of aromatic hydroxyl groups is 2. The number of nitrogens with zero attached hydrogens (tertiary/aromatic N) is 1. The fraction of sp³-hybridized carbons (Fsp3) is 0.455. The second-order valence-electron chi connectivity index (χ2n) is 3.91. The predicted molar refractivity (Wildman–Crippen MR) is 54.5 cm³/mol. The minimum absolute atomic E-state index is 0.0134. The van der Waals surface area contributed by atoms with E-state index in [1.807, 2.05) is 6.07 Å². The highest BCUT2D eigenvalue weighted by Gasteiger charge is 2.24. The molecule has 2 N–H and O–H groups in total. The lowest BCUT2D eigenvalue weighted by molar-refractivity contribution is 0.243. The summed E-state index contributed by atoms with van der Waals surface area (Å²) in [6.07, 6.45) is 0.802. The minimum atomic E-state index is -0.0134. The van der Waals surface area contributed by atoms with Crippen molar-refractivity contribution in [2.45, 2.75) is 19.4 Å². The van der Waals surface area contributed by atoms with Gasteiger partial charge in [-0.3, -0.25) is 4.90 Å². The highest BCUT2D eigenvalue weighted by molar-refractivity contribution is 5.50. The average Bonchev–Trinajstić information content (AvgIpc) is 2.17. The molecule has 76 valence electrons. The van der Waals surface area contributed by atoms with Crippen molar-refractivity contribution in [3.05, 3.63) is 23.3 Å². The van der Waals surface area contributed by atoms with E-state index in [9.17, 15) is 10.2 Å². The van der Waals surface area contributed by atoms with E-state index in [1.165, 1.54) is 0 Å². The molecule has 3 nitrogen and oxygen atoms in total. The highest BCUT2D eigenvalue weighted by atomic mass is 16.3. The second kappa shape index (κ2) is 3.17. The minimum Gasteiger partial charge on any atom is -0.504 e. The van der Waals surface area contributed by atoms with Gasteiger partial charge < -0.3 is 10.2 Å². The summed E-state index contributed by atoms with van der Waals surface area (Å²) < 4.78 is 0. The van der Waals surface area contributed by atoms with E-state index in [2.05, 4.69) is 18.9 Å². The molecule has 0 spiro atoms. The normalized spacial score (nSPS) is 22.0. The van der Waals surface area contributed by atoms with Crippen LogP contribution in [0.15, 0.2) is 12.1 Å². The van der Waals surface area contributed by atoms with Crippen LogP contribution in [0.5, 0.6) is 11.5 Å².